The number of benzene rings is 1. The number of nitrogens with one attached hydrogen (secondary N) is 2. The number of aryl methyl sites for hydroxylation is 2. The monoisotopic (exact) mass is 440 g/mol. The summed E-state index contributed by atoms with van der Waals surface area (Å²) in [7, 11) is -3.68. The molecule has 1 fully saturated rings. The number of likely N-dealkylation sites (tertiary alicyclic amines) is 1. The number of carbonyl (C=O) groups excluding carboxylic acids is 1. The minimum absolute atomic E-state index is 0.0471. The number of nitrogens with zero attached hydrogens (tertiary/aromatic N) is 2. The maximum absolute atomic E-state index is 13.0. The predicted molar refractivity (Wildman–Crippen MR) is 111 cm³/mol. The Kier molecular flexibility index (Phi) is 6.99. The molecule has 29 heavy (non-hydrogen) atoms. The summed E-state index contributed by atoms with van der Waals surface area (Å²) >= 11 is 1.47. The van der Waals surface area contributed by atoms with Crippen LogP contribution in [0, 0.1) is 12.7 Å². The van der Waals surface area contributed by atoms with Crippen LogP contribution in [0.25, 0.3) is 0 Å². The Balaban J connectivity index is 1.47. The summed E-state index contributed by atoms with van der Waals surface area (Å²) in [4.78, 5) is 19.9. The Morgan fingerprint density at radius 1 is 1.28 bits per heavy atom. The standard InChI is InChI=1S/C19H25FN4O3S2/c1-3-17-13(2)28-19(21-17)22-18(25)12-24-10-8-15(9-11-24)23-29(26,27)16-6-4-14(20)5-7-16/h4-7,15,23H,3,8-12H2,1-2H3,(H,21,22,25). The fraction of sp³-hybridized carbons (Fsp3) is 0.474. The average Bonchev–Trinajstić information content (AvgIpc) is 3.02. The van der Waals surface area contributed by atoms with E-state index in [9.17, 15) is 17.6 Å². The van der Waals surface area contributed by atoms with Crippen LogP contribution in [0.3, 0.4) is 0 Å². The predicted octanol–water partition coefficient (Wildman–Crippen LogP) is 2.53. The molecular formula is C19H25FN4O3S2. The number of hydrogen-bond donors (Lipinski definition) is 2. The van der Waals surface area contributed by atoms with Gasteiger partial charge in [0.15, 0.2) is 5.13 Å². The molecule has 1 saturated heterocycles. The molecule has 158 valence electrons. The van der Waals surface area contributed by atoms with Crippen molar-refractivity contribution in [3.8, 4) is 0 Å². The van der Waals surface area contributed by atoms with Gasteiger partial charge in [-0.3, -0.25) is 9.69 Å². The molecule has 1 aromatic carbocycles. The maximum Gasteiger partial charge on any atom is 0.240 e. The largest absolute Gasteiger partial charge is 0.301 e. The number of carbonyl (C=O) groups is 1. The Morgan fingerprint density at radius 2 is 1.93 bits per heavy atom. The van der Waals surface area contributed by atoms with E-state index < -0.39 is 15.8 Å². The highest BCUT2D eigenvalue weighted by molar-refractivity contribution is 7.89. The van der Waals surface area contributed by atoms with Crippen LogP contribution in [0.15, 0.2) is 29.2 Å². The summed E-state index contributed by atoms with van der Waals surface area (Å²) in [5.74, 6) is -0.596. The second-order valence-electron chi connectivity index (χ2n) is 7.05. The SMILES string of the molecule is CCc1nc(NC(=O)CN2CCC(NS(=O)(=O)c3ccc(F)cc3)CC2)sc1C. The molecule has 1 aromatic heterocycles. The van der Waals surface area contributed by atoms with Crippen molar-refractivity contribution in [2.24, 2.45) is 0 Å². The Hall–Kier alpha value is -1.88. The Bertz CT molecular complexity index is 952. The van der Waals surface area contributed by atoms with Gasteiger partial charge >= 0.3 is 0 Å². The van der Waals surface area contributed by atoms with E-state index in [1.807, 2.05) is 18.7 Å². The molecule has 1 amide bonds. The summed E-state index contributed by atoms with van der Waals surface area (Å²) in [5, 5.41) is 3.46. The molecule has 0 atom stereocenters. The number of aromatic nitrogens is 1. The van der Waals surface area contributed by atoms with Crippen molar-refractivity contribution in [1.82, 2.24) is 14.6 Å². The molecule has 2 N–H and O–H groups in total. The lowest BCUT2D eigenvalue weighted by molar-refractivity contribution is -0.117. The molecule has 0 aliphatic carbocycles. The molecule has 1 aliphatic heterocycles. The quantitative estimate of drug-likeness (QED) is 0.690. The highest BCUT2D eigenvalue weighted by Crippen LogP contribution is 2.22. The molecule has 1 aliphatic rings. The molecule has 7 nitrogen and oxygen atoms in total. The summed E-state index contributed by atoms with van der Waals surface area (Å²) in [6, 6.07) is 4.55. The minimum Gasteiger partial charge on any atom is -0.301 e. The van der Waals surface area contributed by atoms with Crippen molar-refractivity contribution in [2.75, 3.05) is 25.0 Å². The molecule has 10 heteroatoms. The van der Waals surface area contributed by atoms with Gasteiger partial charge in [-0.15, -0.1) is 11.3 Å². The summed E-state index contributed by atoms with van der Waals surface area (Å²) in [6.07, 6.45) is 2.04. The molecule has 0 bridgehead atoms. The number of rotatable bonds is 7. The van der Waals surface area contributed by atoms with Crippen molar-refractivity contribution in [2.45, 2.75) is 44.0 Å². The highest BCUT2D eigenvalue weighted by Gasteiger charge is 2.25. The van der Waals surface area contributed by atoms with Crippen LogP contribution in [0.4, 0.5) is 9.52 Å². The second-order valence-corrected chi connectivity index (χ2v) is 9.97. The van der Waals surface area contributed by atoms with Gasteiger partial charge in [0, 0.05) is 24.0 Å². The fourth-order valence-electron chi connectivity index (χ4n) is 3.28. The van der Waals surface area contributed by atoms with Gasteiger partial charge in [-0.25, -0.2) is 22.5 Å². The molecule has 0 saturated carbocycles. The number of anilines is 1. The van der Waals surface area contributed by atoms with Crippen molar-refractivity contribution >= 4 is 32.4 Å². The van der Waals surface area contributed by atoms with Gasteiger partial charge in [0.1, 0.15) is 5.82 Å². The third kappa shape index (κ3) is 5.81. The highest BCUT2D eigenvalue weighted by atomic mass is 32.2. The fourth-order valence-corrected chi connectivity index (χ4v) is 5.51. The first-order valence-electron chi connectivity index (χ1n) is 9.53. The Morgan fingerprint density at radius 3 is 2.52 bits per heavy atom. The third-order valence-electron chi connectivity index (χ3n) is 4.87. The zero-order valence-electron chi connectivity index (χ0n) is 16.4. The number of amides is 1. The summed E-state index contributed by atoms with van der Waals surface area (Å²) < 4.78 is 40.5. The lowest BCUT2D eigenvalue weighted by Gasteiger charge is -2.31. The van der Waals surface area contributed by atoms with E-state index in [-0.39, 0.29) is 23.4 Å². The van der Waals surface area contributed by atoms with Crippen LogP contribution >= 0.6 is 11.3 Å². The normalized spacial score (nSPS) is 16.1. The molecule has 0 unspecified atom stereocenters. The first kappa shape index (κ1) is 21.8. The van der Waals surface area contributed by atoms with Crippen LogP contribution in [0.5, 0.6) is 0 Å². The van der Waals surface area contributed by atoms with E-state index in [0.717, 1.165) is 29.1 Å². The van der Waals surface area contributed by atoms with Gasteiger partial charge < -0.3 is 5.32 Å². The maximum atomic E-state index is 13.0. The van der Waals surface area contributed by atoms with E-state index in [1.54, 1.807) is 0 Å². The average molecular weight is 441 g/mol. The van der Waals surface area contributed by atoms with Crippen molar-refractivity contribution in [3.63, 3.8) is 0 Å². The third-order valence-corrected chi connectivity index (χ3v) is 7.34. The lowest BCUT2D eigenvalue weighted by atomic mass is 10.1. The van der Waals surface area contributed by atoms with E-state index >= 15 is 0 Å². The van der Waals surface area contributed by atoms with Crippen molar-refractivity contribution in [3.05, 3.63) is 40.7 Å². The molecule has 2 heterocycles. The van der Waals surface area contributed by atoms with Crippen LogP contribution in [0.1, 0.15) is 30.3 Å². The van der Waals surface area contributed by atoms with Gasteiger partial charge in [-0.2, -0.15) is 0 Å². The minimum atomic E-state index is -3.68. The van der Waals surface area contributed by atoms with Crippen LogP contribution in [0.2, 0.25) is 0 Å². The molecular weight excluding hydrogens is 415 g/mol. The van der Waals surface area contributed by atoms with Crippen molar-refractivity contribution < 1.29 is 17.6 Å². The van der Waals surface area contributed by atoms with E-state index in [0.29, 0.717) is 31.1 Å². The molecule has 3 rings (SSSR count). The summed E-state index contributed by atoms with van der Waals surface area (Å²) in [6.45, 7) is 5.49. The van der Waals surface area contributed by atoms with Gasteiger partial charge in [-0.05, 0) is 50.5 Å². The summed E-state index contributed by atoms with van der Waals surface area (Å²) in [5.41, 5.74) is 1.000. The van der Waals surface area contributed by atoms with E-state index in [2.05, 4.69) is 15.0 Å². The van der Waals surface area contributed by atoms with Crippen LogP contribution in [-0.4, -0.2) is 49.9 Å². The first-order chi connectivity index (χ1) is 13.8. The molecule has 0 spiro atoms. The van der Waals surface area contributed by atoms with E-state index in [4.69, 9.17) is 0 Å². The Labute approximate surface area is 174 Å². The van der Waals surface area contributed by atoms with E-state index in [1.165, 1.54) is 23.5 Å². The number of sulfonamides is 1. The number of halogens is 1. The second kappa shape index (κ2) is 9.29. The number of piperidine rings is 1. The zero-order chi connectivity index (χ0) is 21.0. The van der Waals surface area contributed by atoms with Gasteiger partial charge in [0.25, 0.3) is 0 Å². The van der Waals surface area contributed by atoms with Gasteiger partial charge in [0.2, 0.25) is 15.9 Å². The molecule has 2 aromatic rings. The number of hydrogen-bond acceptors (Lipinski definition) is 6. The van der Waals surface area contributed by atoms with Crippen molar-refractivity contribution in [1.29, 1.82) is 0 Å². The zero-order valence-corrected chi connectivity index (χ0v) is 18.1. The number of thiazole rings is 1. The van der Waals surface area contributed by atoms with Gasteiger partial charge in [0.05, 0.1) is 17.1 Å². The topological polar surface area (TPSA) is 91.4 Å². The van der Waals surface area contributed by atoms with Crippen LogP contribution in [-0.2, 0) is 21.2 Å². The molecule has 0 radical (unpaired) electrons. The first-order valence-corrected chi connectivity index (χ1v) is 11.8. The lowest BCUT2D eigenvalue weighted by Crippen LogP contribution is -2.46. The van der Waals surface area contributed by atoms with Crippen LogP contribution < -0.4 is 10.0 Å². The smallest absolute Gasteiger partial charge is 0.240 e. The van der Waals surface area contributed by atoms with Gasteiger partial charge in [-0.1, -0.05) is 6.92 Å².